The summed E-state index contributed by atoms with van der Waals surface area (Å²) in [7, 11) is 1.97. The zero-order chi connectivity index (χ0) is 19.2. The van der Waals surface area contributed by atoms with Crippen molar-refractivity contribution in [3.05, 3.63) is 24.3 Å². The summed E-state index contributed by atoms with van der Waals surface area (Å²) in [5.74, 6) is 0.199. The summed E-state index contributed by atoms with van der Waals surface area (Å²) >= 11 is 0. The van der Waals surface area contributed by atoms with E-state index < -0.39 is 0 Å². The Balaban J connectivity index is 1.52. The van der Waals surface area contributed by atoms with Crippen molar-refractivity contribution < 1.29 is 9.69 Å². The number of nitrogens with zero attached hydrogens (tertiary/aromatic N) is 2. The third-order valence-electron chi connectivity index (χ3n) is 6.43. The lowest BCUT2D eigenvalue weighted by Gasteiger charge is -2.34. The summed E-state index contributed by atoms with van der Waals surface area (Å²) in [6.45, 7) is 10.1. The lowest BCUT2D eigenvalue weighted by Crippen LogP contribution is -3.14. The number of rotatable bonds is 6. The molecule has 0 spiro atoms. The molecule has 1 saturated heterocycles. The number of benzene rings is 1. The van der Waals surface area contributed by atoms with Crippen LogP contribution in [0.4, 0.5) is 11.4 Å². The fourth-order valence-corrected chi connectivity index (χ4v) is 4.47. The SMILES string of the molecule is CC[NH+]1CCN(c2ccc(N[C@@H](C)C(=O)N(C)C3CCCCC3)cc2)CC1. The van der Waals surface area contributed by atoms with Crippen LogP contribution in [0.2, 0.25) is 0 Å². The van der Waals surface area contributed by atoms with Crippen molar-refractivity contribution in [1.82, 2.24) is 4.90 Å². The predicted octanol–water partition coefficient (Wildman–Crippen LogP) is 2.00. The Kier molecular flexibility index (Phi) is 7.00. The predicted molar refractivity (Wildman–Crippen MR) is 113 cm³/mol. The maximum absolute atomic E-state index is 12.8. The molecule has 1 aliphatic carbocycles. The fraction of sp³-hybridized carbons (Fsp3) is 0.682. The minimum absolute atomic E-state index is 0.195. The highest BCUT2D eigenvalue weighted by Crippen LogP contribution is 2.23. The smallest absolute Gasteiger partial charge is 0.244 e. The third-order valence-corrected chi connectivity index (χ3v) is 6.43. The molecule has 1 aliphatic heterocycles. The topological polar surface area (TPSA) is 40.0 Å². The molecule has 3 rings (SSSR count). The Labute approximate surface area is 164 Å². The van der Waals surface area contributed by atoms with Gasteiger partial charge in [0.05, 0.1) is 32.7 Å². The fourth-order valence-electron chi connectivity index (χ4n) is 4.47. The molecule has 27 heavy (non-hydrogen) atoms. The quantitative estimate of drug-likeness (QED) is 0.801. The minimum atomic E-state index is -0.195. The van der Waals surface area contributed by atoms with Crippen LogP contribution in [0.1, 0.15) is 46.0 Å². The number of hydrogen-bond acceptors (Lipinski definition) is 3. The first kappa shape index (κ1) is 20.0. The van der Waals surface area contributed by atoms with Gasteiger partial charge in [0.1, 0.15) is 6.04 Å². The van der Waals surface area contributed by atoms with Crippen molar-refractivity contribution in [2.45, 2.75) is 58.0 Å². The summed E-state index contributed by atoms with van der Waals surface area (Å²) in [4.78, 5) is 18.9. The van der Waals surface area contributed by atoms with E-state index in [-0.39, 0.29) is 11.9 Å². The standard InChI is InChI=1S/C22H36N4O/c1-4-25-14-16-26(17-15-25)21-12-10-19(11-13-21)23-18(2)22(27)24(3)20-8-6-5-7-9-20/h10-13,18,20,23H,4-9,14-17H2,1-3H3/p+1/t18-/m0/s1. The van der Waals surface area contributed by atoms with Gasteiger partial charge in [0.25, 0.3) is 0 Å². The first-order valence-electron chi connectivity index (χ1n) is 10.8. The number of carbonyl (C=O) groups is 1. The minimum Gasteiger partial charge on any atom is -0.374 e. The van der Waals surface area contributed by atoms with Crippen LogP contribution in [0.25, 0.3) is 0 Å². The van der Waals surface area contributed by atoms with Crippen LogP contribution in [0.3, 0.4) is 0 Å². The first-order valence-corrected chi connectivity index (χ1v) is 10.8. The summed E-state index contributed by atoms with van der Waals surface area (Å²) in [5.41, 5.74) is 2.31. The molecule has 1 aromatic rings. The second-order valence-corrected chi connectivity index (χ2v) is 8.24. The van der Waals surface area contributed by atoms with E-state index in [4.69, 9.17) is 0 Å². The Hall–Kier alpha value is -1.75. The zero-order valence-electron chi connectivity index (χ0n) is 17.3. The van der Waals surface area contributed by atoms with Crippen LogP contribution in [0, 0.1) is 0 Å². The van der Waals surface area contributed by atoms with E-state index in [1.54, 1.807) is 4.90 Å². The molecule has 5 heteroatoms. The summed E-state index contributed by atoms with van der Waals surface area (Å²) in [6, 6.07) is 8.81. The molecule has 2 fully saturated rings. The molecule has 0 bridgehead atoms. The van der Waals surface area contributed by atoms with Gasteiger partial charge < -0.3 is 20.0 Å². The molecule has 1 amide bonds. The third kappa shape index (κ3) is 5.16. The summed E-state index contributed by atoms with van der Waals surface area (Å²) < 4.78 is 0. The van der Waals surface area contributed by atoms with Crippen LogP contribution in [0.15, 0.2) is 24.3 Å². The van der Waals surface area contributed by atoms with Gasteiger partial charge in [-0.1, -0.05) is 19.3 Å². The Morgan fingerprint density at radius 2 is 1.81 bits per heavy atom. The van der Waals surface area contributed by atoms with Gasteiger partial charge in [0.2, 0.25) is 5.91 Å². The van der Waals surface area contributed by atoms with E-state index >= 15 is 0 Å². The highest BCUT2D eigenvalue weighted by atomic mass is 16.2. The average molecular weight is 374 g/mol. The number of quaternary nitrogens is 1. The molecular formula is C22H37N4O+. The van der Waals surface area contributed by atoms with E-state index in [0.29, 0.717) is 6.04 Å². The molecule has 5 nitrogen and oxygen atoms in total. The lowest BCUT2D eigenvalue weighted by atomic mass is 9.94. The normalized spacial score (nSPS) is 20.3. The first-order chi connectivity index (χ1) is 13.1. The Bertz CT molecular complexity index is 589. The monoisotopic (exact) mass is 373 g/mol. The van der Waals surface area contributed by atoms with Gasteiger partial charge in [-0.15, -0.1) is 0 Å². The maximum atomic E-state index is 12.8. The van der Waals surface area contributed by atoms with Crippen LogP contribution < -0.4 is 15.1 Å². The van der Waals surface area contributed by atoms with Gasteiger partial charge >= 0.3 is 0 Å². The molecule has 1 aromatic carbocycles. The number of piperazine rings is 1. The molecule has 0 unspecified atom stereocenters. The van der Waals surface area contributed by atoms with Crippen molar-refractivity contribution in [1.29, 1.82) is 0 Å². The molecular weight excluding hydrogens is 336 g/mol. The zero-order valence-corrected chi connectivity index (χ0v) is 17.3. The average Bonchev–Trinajstić information content (AvgIpc) is 2.74. The van der Waals surface area contributed by atoms with E-state index in [1.807, 2.05) is 18.9 Å². The highest BCUT2D eigenvalue weighted by molar-refractivity contribution is 5.84. The Morgan fingerprint density at radius 3 is 2.41 bits per heavy atom. The molecule has 1 heterocycles. The van der Waals surface area contributed by atoms with Crippen LogP contribution in [0.5, 0.6) is 0 Å². The highest BCUT2D eigenvalue weighted by Gasteiger charge is 2.25. The number of anilines is 2. The van der Waals surface area contributed by atoms with Crippen LogP contribution in [-0.2, 0) is 4.79 Å². The van der Waals surface area contributed by atoms with Gasteiger partial charge in [0.15, 0.2) is 0 Å². The van der Waals surface area contributed by atoms with Crippen LogP contribution >= 0.6 is 0 Å². The number of carbonyl (C=O) groups excluding carboxylic acids is 1. The van der Waals surface area contributed by atoms with Gasteiger partial charge in [0, 0.05) is 24.5 Å². The maximum Gasteiger partial charge on any atom is 0.244 e. The van der Waals surface area contributed by atoms with Gasteiger partial charge in [-0.25, -0.2) is 0 Å². The van der Waals surface area contributed by atoms with Crippen molar-refractivity contribution in [3.63, 3.8) is 0 Å². The molecule has 0 radical (unpaired) electrons. The van der Waals surface area contributed by atoms with E-state index in [9.17, 15) is 4.79 Å². The van der Waals surface area contributed by atoms with Gasteiger partial charge in [-0.3, -0.25) is 4.79 Å². The van der Waals surface area contributed by atoms with E-state index in [2.05, 4.69) is 41.4 Å². The van der Waals surface area contributed by atoms with Crippen molar-refractivity contribution in [2.75, 3.05) is 50.0 Å². The van der Waals surface area contributed by atoms with Crippen molar-refractivity contribution >= 4 is 17.3 Å². The number of hydrogen-bond donors (Lipinski definition) is 2. The van der Waals surface area contributed by atoms with Crippen molar-refractivity contribution in [3.8, 4) is 0 Å². The molecule has 150 valence electrons. The second kappa shape index (κ2) is 9.45. The van der Waals surface area contributed by atoms with Crippen LogP contribution in [-0.4, -0.2) is 62.7 Å². The van der Waals surface area contributed by atoms with Gasteiger partial charge in [-0.05, 0) is 51.0 Å². The van der Waals surface area contributed by atoms with E-state index in [1.165, 1.54) is 44.6 Å². The second-order valence-electron chi connectivity index (χ2n) is 8.24. The number of amides is 1. The molecule has 0 aromatic heterocycles. The molecule has 2 N–H and O–H groups in total. The molecule has 2 aliphatic rings. The summed E-state index contributed by atoms with van der Waals surface area (Å²) in [6.07, 6.45) is 6.11. The largest absolute Gasteiger partial charge is 0.374 e. The summed E-state index contributed by atoms with van der Waals surface area (Å²) in [5, 5.41) is 3.39. The number of nitrogens with one attached hydrogen (secondary N) is 2. The molecule has 1 atom stereocenters. The lowest BCUT2D eigenvalue weighted by molar-refractivity contribution is -0.898. The Morgan fingerprint density at radius 1 is 1.19 bits per heavy atom. The molecule has 1 saturated carbocycles. The van der Waals surface area contributed by atoms with E-state index in [0.717, 1.165) is 31.6 Å². The van der Waals surface area contributed by atoms with Gasteiger partial charge in [-0.2, -0.15) is 0 Å². The number of likely N-dealkylation sites (N-methyl/N-ethyl adjacent to an activating group) is 2. The van der Waals surface area contributed by atoms with Crippen molar-refractivity contribution in [2.24, 2.45) is 0 Å².